The van der Waals surface area contributed by atoms with Crippen LogP contribution in [-0.4, -0.2) is 35.0 Å². The Labute approximate surface area is 99.9 Å². The van der Waals surface area contributed by atoms with Crippen molar-refractivity contribution in [2.75, 3.05) is 13.1 Å². The maximum absolute atomic E-state index is 11.6. The Kier molecular flexibility index (Phi) is 2.88. The lowest BCUT2D eigenvalue weighted by atomic mass is 9.80. The lowest BCUT2D eigenvalue weighted by molar-refractivity contribution is -0.143. The lowest BCUT2D eigenvalue weighted by Crippen LogP contribution is -2.39. The van der Waals surface area contributed by atoms with Crippen LogP contribution in [0.2, 0.25) is 0 Å². The van der Waals surface area contributed by atoms with Crippen LogP contribution in [-0.2, 0) is 15.0 Å². The van der Waals surface area contributed by atoms with E-state index in [1.165, 1.54) is 6.92 Å². The molecule has 1 atom stereocenters. The molecule has 1 N–H and O–H groups in total. The molecule has 4 heteroatoms. The number of hydrogen-bond donors (Lipinski definition) is 1. The third-order valence-corrected chi connectivity index (χ3v) is 3.45. The van der Waals surface area contributed by atoms with Crippen molar-refractivity contribution in [2.24, 2.45) is 0 Å². The van der Waals surface area contributed by atoms with Gasteiger partial charge in [-0.05, 0) is 12.0 Å². The van der Waals surface area contributed by atoms with Crippen LogP contribution in [0.5, 0.6) is 0 Å². The summed E-state index contributed by atoms with van der Waals surface area (Å²) >= 11 is 0. The molecule has 1 amide bonds. The van der Waals surface area contributed by atoms with E-state index in [1.807, 2.05) is 30.3 Å². The van der Waals surface area contributed by atoms with Gasteiger partial charge in [0.25, 0.3) is 0 Å². The highest BCUT2D eigenvalue weighted by Crippen LogP contribution is 2.34. The molecule has 1 heterocycles. The number of carbonyl (C=O) groups excluding carboxylic acids is 1. The maximum Gasteiger partial charge on any atom is 0.316 e. The summed E-state index contributed by atoms with van der Waals surface area (Å²) in [4.78, 5) is 24.5. The number of hydrogen-bond acceptors (Lipinski definition) is 2. The minimum atomic E-state index is -0.938. The molecule has 1 saturated heterocycles. The molecular weight excluding hydrogens is 218 g/mol. The molecule has 1 aromatic carbocycles. The number of carboxylic acids is 1. The van der Waals surface area contributed by atoms with Gasteiger partial charge in [-0.3, -0.25) is 9.59 Å². The largest absolute Gasteiger partial charge is 0.481 e. The first-order chi connectivity index (χ1) is 8.06. The maximum atomic E-state index is 11.6. The van der Waals surface area contributed by atoms with Crippen LogP contribution in [0.1, 0.15) is 18.9 Å². The van der Waals surface area contributed by atoms with Crippen molar-refractivity contribution in [3.05, 3.63) is 35.9 Å². The van der Waals surface area contributed by atoms with Gasteiger partial charge in [0.05, 0.1) is 0 Å². The van der Waals surface area contributed by atoms with Crippen LogP contribution in [0.15, 0.2) is 30.3 Å². The van der Waals surface area contributed by atoms with E-state index < -0.39 is 11.4 Å². The first kappa shape index (κ1) is 11.6. The van der Waals surface area contributed by atoms with Crippen LogP contribution in [0, 0.1) is 0 Å². The molecular formula is C13H15NO3. The highest BCUT2D eigenvalue weighted by Gasteiger charge is 2.46. The van der Waals surface area contributed by atoms with Crippen molar-refractivity contribution in [1.29, 1.82) is 0 Å². The molecule has 90 valence electrons. The molecule has 0 radical (unpaired) electrons. The zero-order chi connectivity index (χ0) is 12.5. The van der Waals surface area contributed by atoms with Gasteiger partial charge in [0.1, 0.15) is 5.41 Å². The average Bonchev–Trinajstić information content (AvgIpc) is 2.76. The molecule has 1 aromatic rings. The molecule has 1 aliphatic rings. The van der Waals surface area contributed by atoms with Gasteiger partial charge in [-0.1, -0.05) is 30.3 Å². The zero-order valence-electron chi connectivity index (χ0n) is 9.72. The van der Waals surface area contributed by atoms with Crippen LogP contribution >= 0.6 is 0 Å². The molecule has 1 unspecified atom stereocenters. The quantitative estimate of drug-likeness (QED) is 0.836. The van der Waals surface area contributed by atoms with Crippen LogP contribution < -0.4 is 0 Å². The minimum Gasteiger partial charge on any atom is -0.481 e. The second-order valence-corrected chi connectivity index (χ2v) is 4.44. The molecule has 1 fully saturated rings. The molecule has 4 nitrogen and oxygen atoms in total. The zero-order valence-corrected chi connectivity index (χ0v) is 9.72. The monoisotopic (exact) mass is 233 g/mol. The van der Waals surface area contributed by atoms with Crippen molar-refractivity contribution in [2.45, 2.75) is 18.8 Å². The highest BCUT2D eigenvalue weighted by atomic mass is 16.4. The Hall–Kier alpha value is -1.84. The summed E-state index contributed by atoms with van der Waals surface area (Å²) in [5.74, 6) is -0.920. The summed E-state index contributed by atoms with van der Waals surface area (Å²) in [6.07, 6.45) is 0.478. The van der Waals surface area contributed by atoms with Gasteiger partial charge >= 0.3 is 5.97 Å². The Morgan fingerprint density at radius 1 is 1.29 bits per heavy atom. The summed E-state index contributed by atoms with van der Waals surface area (Å²) < 4.78 is 0. The number of likely N-dealkylation sites (tertiary alicyclic amines) is 1. The Morgan fingerprint density at radius 2 is 1.94 bits per heavy atom. The van der Waals surface area contributed by atoms with Crippen molar-refractivity contribution >= 4 is 11.9 Å². The van der Waals surface area contributed by atoms with E-state index in [2.05, 4.69) is 0 Å². The molecule has 0 aromatic heterocycles. The summed E-state index contributed by atoms with van der Waals surface area (Å²) in [5.41, 5.74) is -0.163. The van der Waals surface area contributed by atoms with Crippen LogP contribution in [0.3, 0.4) is 0 Å². The van der Waals surface area contributed by atoms with Crippen molar-refractivity contribution in [3.63, 3.8) is 0 Å². The predicted molar refractivity (Wildman–Crippen MR) is 62.6 cm³/mol. The molecule has 2 rings (SSSR count). The van der Waals surface area contributed by atoms with Crippen molar-refractivity contribution in [1.82, 2.24) is 4.90 Å². The molecule has 0 bridgehead atoms. The summed E-state index contributed by atoms with van der Waals surface area (Å²) in [5, 5.41) is 9.48. The van der Waals surface area contributed by atoms with Gasteiger partial charge in [0.15, 0.2) is 0 Å². The number of benzene rings is 1. The van der Waals surface area contributed by atoms with E-state index in [1.54, 1.807) is 4.90 Å². The third kappa shape index (κ3) is 1.90. The predicted octanol–water partition coefficient (Wildman–Crippen LogP) is 1.26. The Morgan fingerprint density at radius 3 is 2.41 bits per heavy atom. The van der Waals surface area contributed by atoms with Crippen LogP contribution in [0.4, 0.5) is 0 Å². The van der Waals surface area contributed by atoms with E-state index in [0.717, 1.165) is 5.56 Å². The van der Waals surface area contributed by atoms with E-state index >= 15 is 0 Å². The molecule has 1 aliphatic heterocycles. The smallest absolute Gasteiger partial charge is 0.316 e. The number of aliphatic carboxylic acids is 1. The topological polar surface area (TPSA) is 57.6 Å². The SMILES string of the molecule is CC(=O)N1CCC(C(=O)O)(c2ccccc2)C1. The molecule has 0 spiro atoms. The first-order valence-electron chi connectivity index (χ1n) is 5.61. The van der Waals surface area contributed by atoms with Gasteiger partial charge < -0.3 is 10.0 Å². The molecule has 0 aliphatic carbocycles. The van der Waals surface area contributed by atoms with Gasteiger partial charge in [0, 0.05) is 20.0 Å². The molecule has 17 heavy (non-hydrogen) atoms. The second-order valence-electron chi connectivity index (χ2n) is 4.44. The van der Waals surface area contributed by atoms with Crippen molar-refractivity contribution in [3.8, 4) is 0 Å². The van der Waals surface area contributed by atoms with E-state index in [0.29, 0.717) is 13.0 Å². The Bertz CT molecular complexity index is 443. The van der Waals surface area contributed by atoms with E-state index in [4.69, 9.17) is 0 Å². The van der Waals surface area contributed by atoms with Crippen molar-refractivity contribution < 1.29 is 14.7 Å². The number of rotatable bonds is 2. The fourth-order valence-corrected chi connectivity index (χ4v) is 2.37. The highest BCUT2D eigenvalue weighted by molar-refractivity contribution is 5.84. The Balaban J connectivity index is 2.37. The van der Waals surface area contributed by atoms with Crippen LogP contribution in [0.25, 0.3) is 0 Å². The fraction of sp³-hybridized carbons (Fsp3) is 0.385. The molecule has 0 saturated carbocycles. The second kappa shape index (κ2) is 4.20. The van der Waals surface area contributed by atoms with E-state index in [9.17, 15) is 14.7 Å². The van der Waals surface area contributed by atoms with Gasteiger partial charge in [-0.2, -0.15) is 0 Å². The average molecular weight is 233 g/mol. The summed E-state index contributed by atoms with van der Waals surface area (Å²) in [7, 11) is 0. The standard InChI is InChI=1S/C13H15NO3/c1-10(15)14-8-7-13(9-14,12(16)17)11-5-3-2-4-6-11/h2-6H,7-9H2,1H3,(H,16,17). The lowest BCUT2D eigenvalue weighted by Gasteiger charge is -2.24. The summed E-state index contributed by atoms with van der Waals surface area (Å²) in [6, 6.07) is 9.15. The number of carboxylic acid groups (broad SMARTS) is 1. The normalized spacial score (nSPS) is 23.7. The first-order valence-corrected chi connectivity index (χ1v) is 5.61. The fourth-order valence-electron chi connectivity index (χ4n) is 2.37. The van der Waals surface area contributed by atoms with E-state index in [-0.39, 0.29) is 12.5 Å². The number of carbonyl (C=O) groups is 2. The summed E-state index contributed by atoms with van der Waals surface area (Å²) in [6.45, 7) is 2.25. The number of nitrogens with zero attached hydrogens (tertiary/aromatic N) is 1. The number of amides is 1. The third-order valence-electron chi connectivity index (χ3n) is 3.45. The van der Waals surface area contributed by atoms with Gasteiger partial charge in [0.2, 0.25) is 5.91 Å². The van der Waals surface area contributed by atoms with Gasteiger partial charge in [-0.15, -0.1) is 0 Å². The van der Waals surface area contributed by atoms with Gasteiger partial charge in [-0.25, -0.2) is 0 Å². The minimum absolute atomic E-state index is 0.0657.